The van der Waals surface area contributed by atoms with Crippen molar-refractivity contribution in [2.75, 3.05) is 0 Å². The van der Waals surface area contributed by atoms with Crippen molar-refractivity contribution in [1.82, 2.24) is 15.0 Å². The number of furan rings is 1. The smallest absolute Gasteiger partial charge is 0.164 e. The van der Waals surface area contributed by atoms with Gasteiger partial charge in [0.15, 0.2) is 17.5 Å². The molecule has 60 heavy (non-hydrogen) atoms. The van der Waals surface area contributed by atoms with Crippen molar-refractivity contribution in [2.45, 2.75) is 0 Å². The molecule has 274 valence electrons. The summed E-state index contributed by atoms with van der Waals surface area (Å²) in [5.74, 6) is 1.89. The molecule has 7 aromatic carbocycles. The lowest BCUT2D eigenvalue weighted by atomic mass is 9.57. The first-order valence-electron chi connectivity index (χ1n) is 21.0. The highest BCUT2D eigenvalue weighted by molar-refractivity contribution is 6.71. The first-order chi connectivity index (χ1) is 28.8. The summed E-state index contributed by atoms with van der Waals surface area (Å²) >= 11 is 0. The van der Waals surface area contributed by atoms with Gasteiger partial charge in [-0.05, 0) is 38.8 Å². The summed E-state index contributed by atoms with van der Waals surface area (Å²) < 4.78 is 7.14. The molecule has 4 nitrogen and oxygen atoms in total. The largest absolute Gasteiger partial charge is 0.457 e. The van der Waals surface area contributed by atoms with Crippen molar-refractivity contribution >= 4 is 168 Å². The molecule has 9 rings (SSSR count). The van der Waals surface area contributed by atoms with E-state index in [1.165, 1.54) is 66.0 Å². The van der Waals surface area contributed by atoms with Crippen LogP contribution < -0.4 is 60.1 Å². The van der Waals surface area contributed by atoms with E-state index in [0.29, 0.717) is 17.5 Å². The number of rotatable bonds is 6. The maximum atomic E-state index is 7.14. The molecule has 15 heteroatoms. The van der Waals surface area contributed by atoms with Crippen molar-refractivity contribution in [3.63, 3.8) is 0 Å². The fourth-order valence-electron chi connectivity index (χ4n) is 9.31. The highest BCUT2D eigenvalue weighted by atomic mass is 16.3. The van der Waals surface area contributed by atoms with Crippen LogP contribution in [0.15, 0.2) is 114 Å². The van der Waals surface area contributed by atoms with Gasteiger partial charge in [0.1, 0.15) is 97.5 Å². The van der Waals surface area contributed by atoms with Crippen LogP contribution in [0.3, 0.4) is 0 Å². The fourth-order valence-corrected chi connectivity index (χ4v) is 9.31. The summed E-state index contributed by atoms with van der Waals surface area (Å²) in [6, 6.07) is 38.0. The van der Waals surface area contributed by atoms with Crippen molar-refractivity contribution in [3.05, 3.63) is 109 Å². The Bertz CT molecular complexity index is 3060. The molecule has 0 amide bonds. The second-order valence-corrected chi connectivity index (χ2v) is 16.7. The van der Waals surface area contributed by atoms with Gasteiger partial charge in [-0.15, -0.1) is 16.4 Å². The molecule has 2 heterocycles. The van der Waals surface area contributed by atoms with E-state index < -0.39 is 0 Å². The Balaban J connectivity index is 1.31. The predicted molar refractivity (Wildman–Crippen MR) is 290 cm³/mol. The summed E-state index contributed by atoms with van der Waals surface area (Å²) in [5.41, 5.74) is 25.7. The molecule has 0 atom stereocenters. The summed E-state index contributed by atoms with van der Waals surface area (Å²) in [6.07, 6.45) is 0. The van der Waals surface area contributed by atoms with Crippen LogP contribution in [-0.4, -0.2) is 101 Å². The van der Waals surface area contributed by atoms with Gasteiger partial charge in [0.05, 0.1) is 0 Å². The van der Waals surface area contributed by atoms with Crippen molar-refractivity contribution in [2.24, 2.45) is 0 Å². The van der Waals surface area contributed by atoms with Gasteiger partial charge in [0, 0.05) is 27.5 Å². The fraction of sp³-hybridized carbons (Fsp3) is 0. The minimum atomic E-state index is 0.628. The second kappa shape index (κ2) is 15.3. The van der Waals surface area contributed by atoms with Crippen LogP contribution in [0.1, 0.15) is 0 Å². The molecule has 0 unspecified atom stereocenters. The van der Waals surface area contributed by atoms with E-state index in [2.05, 4.69) is 183 Å². The quantitative estimate of drug-likeness (QED) is 0.159. The summed E-state index contributed by atoms with van der Waals surface area (Å²) in [7, 11) is 24.7. The van der Waals surface area contributed by atoms with Gasteiger partial charge < -0.3 is 4.42 Å². The molecule has 0 saturated carbocycles. The Kier molecular flexibility index (Phi) is 10.1. The van der Waals surface area contributed by atoms with Crippen molar-refractivity contribution in [1.29, 1.82) is 0 Å². The molecule has 0 aliphatic rings. The molecule has 0 saturated heterocycles. The minimum absolute atomic E-state index is 0.628. The molecule has 0 fully saturated rings. The molecule has 0 spiro atoms. The van der Waals surface area contributed by atoms with Gasteiger partial charge in [-0.25, -0.2) is 15.0 Å². The van der Waals surface area contributed by atoms with Gasteiger partial charge in [0.2, 0.25) is 0 Å². The van der Waals surface area contributed by atoms with E-state index in [1.807, 2.05) is 12.1 Å². The van der Waals surface area contributed by atoms with E-state index in [9.17, 15) is 0 Å². The van der Waals surface area contributed by atoms with E-state index >= 15 is 0 Å². The molecular formula is C45H40B11N3O. The molecule has 9 aromatic rings. The number of fused-ring (bicyclic) bond motifs is 3. The first-order valence-corrected chi connectivity index (χ1v) is 21.0. The number of hydrogen-bond donors (Lipinski definition) is 0. The van der Waals surface area contributed by atoms with Crippen LogP contribution in [0.2, 0.25) is 0 Å². The molecular weight excluding hydrogens is 717 g/mol. The molecule has 0 N–H and O–H groups in total. The molecule has 0 aliphatic heterocycles. The van der Waals surface area contributed by atoms with Crippen molar-refractivity contribution in [3.8, 4) is 67.5 Å². The highest BCUT2D eigenvalue weighted by Crippen LogP contribution is 2.34. The Morgan fingerprint density at radius 1 is 0.267 bits per heavy atom. The first kappa shape index (κ1) is 39.5. The highest BCUT2D eigenvalue weighted by Gasteiger charge is 2.27. The van der Waals surface area contributed by atoms with Gasteiger partial charge in [-0.3, -0.25) is 0 Å². The third-order valence-electron chi connectivity index (χ3n) is 13.6. The second-order valence-electron chi connectivity index (χ2n) is 16.7. The normalized spacial score (nSPS) is 11.4. The van der Waals surface area contributed by atoms with Crippen LogP contribution in [0.4, 0.5) is 0 Å². The number of aromatic nitrogens is 3. The molecule has 0 radical (unpaired) electrons. The van der Waals surface area contributed by atoms with Crippen LogP contribution in [0.25, 0.3) is 89.5 Å². The average molecular weight is 758 g/mol. The number of nitrogens with zero attached hydrogens (tertiary/aromatic N) is 3. The summed E-state index contributed by atoms with van der Waals surface area (Å²) in [5, 5.41) is 2.19. The van der Waals surface area contributed by atoms with Gasteiger partial charge in [-0.1, -0.05) is 147 Å². The Hall–Kier alpha value is -5.94. The zero-order valence-corrected chi connectivity index (χ0v) is 36.6. The lowest BCUT2D eigenvalue weighted by Crippen LogP contribution is -2.56. The molecule has 0 aliphatic carbocycles. The third-order valence-corrected chi connectivity index (χ3v) is 13.6. The van der Waals surface area contributed by atoms with Crippen LogP contribution >= 0.6 is 0 Å². The van der Waals surface area contributed by atoms with Crippen LogP contribution in [0, 0.1) is 0 Å². The van der Waals surface area contributed by atoms with E-state index in [-0.39, 0.29) is 0 Å². The maximum Gasteiger partial charge on any atom is 0.164 e. The minimum Gasteiger partial charge on any atom is -0.457 e. The summed E-state index contributed by atoms with van der Waals surface area (Å²) in [4.78, 5) is 15.9. The van der Waals surface area contributed by atoms with Gasteiger partial charge in [-0.2, -0.15) is 0 Å². The molecule has 0 bridgehead atoms. The zero-order chi connectivity index (χ0) is 42.1. The lowest BCUT2D eigenvalue weighted by molar-refractivity contribution is 0.675. The van der Waals surface area contributed by atoms with Crippen LogP contribution in [-0.2, 0) is 0 Å². The van der Waals surface area contributed by atoms with Crippen molar-refractivity contribution < 1.29 is 4.42 Å². The van der Waals surface area contributed by atoms with E-state index in [4.69, 9.17) is 19.4 Å². The van der Waals surface area contributed by atoms with Gasteiger partial charge >= 0.3 is 0 Å². The van der Waals surface area contributed by atoms with E-state index in [0.717, 1.165) is 66.1 Å². The van der Waals surface area contributed by atoms with Gasteiger partial charge in [0.25, 0.3) is 0 Å². The average Bonchev–Trinajstić information content (AvgIpc) is 3.69. The lowest BCUT2D eigenvalue weighted by Gasteiger charge is -2.24. The number of benzene rings is 7. The van der Waals surface area contributed by atoms with E-state index in [1.54, 1.807) is 0 Å². The third kappa shape index (κ3) is 6.36. The molecule has 2 aromatic heterocycles. The zero-order valence-electron chi connectivity index (χ0n) is 36.6. The maximum absolute atomic E-state index is 7.14. The Morgan fingerprint density at radius 3 is 1.08 bits per heavy atom. The standard InChI is InChI=1S/C45H40B11N3O/c46-30-27(26-31(47)36(52)39(55)37(53)32(26)48)35(51)42-28(33(30)49)25-29(34(50)38(54)40(56)41(25)60-42)45-58-43(23-15-11-21(12-16-23)19-7-3-1-4-8-19)57-44(59-45)24-17-13-22(14-18-24)20-9-5-2-6-10-20/h1-18H,46-56H2. The topological polar surface area (TPSA) is 51.8 Å². The predicted octanol–water partition coefficient (Wildman–Crippen LogP) is -7.38. The monoisotopic (exact) mass is 759 g/mol. The SMILES string of the molecule is Bc1c(B)c(B)c(-c2c(B)c(B)c3c(oc4c(B)c(B)c(B)c(-c5nc(-c6ccc(-c7ccccc7)cc6)nc(-c6ccc(-c7ccccc7)cc6)n5)c43)c2B)c(B)c1B. The number of hydrogen-bond acceptors (Lipinski definition) is 4. The Morgan fingerprint density at radius 2 is 0.600 bits per heavy atom. The Labute approximate surface area is 362 Å². The summed E-state index contributed by atoms with van der Waals surface area (Å²) in [6.45, 7) is 0. The van der Waals surface area contributed by atoms with Crippen LogP contribution in [0.5, 0.6) is 0 Å².